The predicted octanol–water partition coefficient (Wildman–Crippen LogP) is 4.61. The zero-order valence-corrected chi connectivity index (χ0v) is 11.6. The van der Waals surface area contributed by atoms with Crippen LogP contribution in [0.4, 0.5) is 5.69 Å². The van der Waals surface area contributed by atoms with Crippen molar-refractivity contribution in [1.82, 2.24) is 0 Å². The lowest BCUT2D eigenvalue weighted by Crippen LogP contribution is -2.22. The molecule has 0 atom stereocenters. The van der Waals surface area contributed by atoms with E-state index in [9.17, 15) is 0 Å². The average Bonchev–Trinajstić information content (AvgIpc) is 2.37. The quantitative estimate of drug-likeness (QED) is 0.732. The van der Waals surface area contributed by atoms with Crippen molar-refractivity contribution in [3.63, 3.8) is 0 Å². The first-order chi connectivity index (χ1) is 9.03. The number of para-hydroxylation sites is 1. The van der Waals surface area contributed by atoms with Crippen LogP contribution in [-0.4, -0.2) is 11.8 Å². The van der Waals surface area contributed by atoms with Crippen molar-refractivity contribution in [1.29, 1.82) is 0 Å². The summed E-state index contributed by atoms with van der Waals surface area (Å²) in [6.45, 7) is 6.12. The molecule has 0 unspecified atom stereocenters. The Morgan fingerprint density at radius 1 is 0.895 bits per heavy atom. The topological polar surface area (TPSA) is 21.6 Å². The molecule has 0 spiro atoms. The summed E-state index contributed by atoms with van der Waals surface area (Å²) < 4.78 is 5.77. The van der Waals surface area contributed by atoms with Crippen LogP contribution < -0.4 is 4.74 Å². The van der Waals surface area contributed by atoms with Gasteiger partial charge in [0.1, 0.15) is 11.4 Å². The zero-order valence-electron chi connectivity index (χ0n) is 11.6. The highest BCUT2D eigenvalue weighted by Gasteiger charge is 2.10. The van der Waals surface area contributed by atoms with Gasteiger partial charge in [-0.25, -0.2) is 0 Å². The number of rotatable bonds is 3. The van der Waals surface area contributed by atoms with Crippen LogP contribution in [0.1, 0.15) is 26.3 Å². The molecule has 98 valence electrons. The SMILES string of the molecule is CC(C)(C)Oc1ccc(C=Nc2ccccc2)cc1. The first-order valence-corrected chi connectivity index (χ1v) is 6.41. The molecule has 0 fully saturated rings. The maximum absolute atomic E-state index is 5.77. The lowest BCUT2D eigenvalue weighted by Gasteiger charge is -2.21. The van der Waals surface area contributed by atoms with E-state index < -0.39 is 0 Å². The fraction of sp³-hybridized carbons (Fsp3) is 0.235. The summed E-state index contributed by atoms with van der Waals surface area (Å²) in [6, 6.07) is 17.9. The summed E-state index contributed by atoms with van der Waals surface area (Å²) in [6.07, 6.45) is 1.86. The Morgan fingerprint density at radius 3 is 2.11 bits per heavy atom. The molecule has 0 amide bonds. The minimum Gasteiger partial charge on any atom is -0.488 e. The highest BCUT2D eigenvalue weighted by molar-refractivity contribution is 5.82. The maximum atomic E-state index is 5.77. The Morgan fingerprint density at radius 2 is 1.53 bits per heavy atom. The highest BCUT2D eigenvalue weighted by Crippen LogP contribution is 2.18. The van der Waals surface area contributed by atoms with Gasteiger partial charge in [-0.05, 0) is 62.7 Å². The number of ether oxygens (including phenoxy) is 1. The van der Waals surface area contributed by atoms with E-state index in [-0.39, 0.29) is 5.60 Å². The standard InChI is InChI=1S/C17H19NO/c1-17(2,3)19-16-11-9-14(10-12-16)13-18-15-7-5-4-6-8-15/h4-13H,1-3H3. The second kappa shape index (κ2) is 5.70. The van der Waals surface area contributed by atoms with Gasteiger partial charge in [0.2, 0.25) is 0 Å². The molecule has 2 nitrogen and oxygen atoms in total. The minimum absolute atomic E-state index is 0.167. The molecule has 0 saturated carbocycles. The fourth-order valence-electron chi connectivity index (χ4n) is 1.64. The molecule has 0 N–H and O–H groups in total. The molecule has 2 aromatic rings. The summed E-state index contributed by atoms with van der Waals surface area (Å²) in [7, 11) is 0. The Kier molecular flexibility index (Phi) is 4.00. The van der Waals surface area contributed by atoms with Crippen LogP contribution in [-0.2, 0) is 0 Å². The van der Waals surface area contributed by atoms with Gasteiger partial charge in [-0.1, -0.05) is 18.2 Å². The van der Waals surface area contributed by atoms with Crippen LogP contribution in [0.5, 0.6) is 5.75 Å². The van der Waals surface area contributed by atoms with Gasteiger partial charge >= 0.3 is 0 Å². The summed E-state index contributed by atoms with van der Waals surface area (Å²) in [5.74, 6) is 0.879. The molecule has 2 aromatic carbocycles. The van der Waals surface area contributed by atoms with Crippen molar-refractivity contribution < 1.29 is 4.74 Å². The third-order valence-electron chi connectivity index (χ3n) is 2.42. The van der Waals surface area contributed by atoms with E-state index in [0.29, 0.717) is 0 Å². The molecule has 0 radical (unpaired) electrons. The van der Waals surface area contributed by atoms with E-state index in [4.69, 9.17) is 4.74 Å². The van der Waals surface area contributed by atoms with Gasteiger partial charge < -0.3 is 4.74 Å². The van der Waals surface area contributed by atoms with E-state index >= 15 is 0 Å². The number of hydrogen-bond donors (Lipinski definition) is 0. The molecule has 0 aromatic heterocycles. The van der Waals surface area contributed by atoms with Crippen LogP contribution in [0.3, 0.4) is 0 Å². The number of hydrogen-bond acceptors (Lipinski definition) is 2. The summed E-state index contributed by atoms with van der Waals surface area (Å²) in [4.78, 5) is 4.41. The zero-order chi connectivity index (χ0) is 13.7. The first kappa shape index (κ1) is 13.3. The van der Waals surface area contributed by atoms with Crippen molar-refractivity contribution in [2.45, 2.75) is 26.4 Å². The van der Waals surface area contributed by atoms with Gasteiger partial charge in [-0.3, -0.25) is 4.99 Å². The highest BCUT2D eigenvalue weighted by atomic mass is 16.5. The summed E-state index contributed by atoms with van der Waals surface area (Å²) >= 11 is 0. The molecule has 0 bridgehead atoms. The Labute approximate surface area is 114 Å². The number of nitrogens with zero attached hydrogens (tertiary/aromatic N) is 1. The van der Waals surface area contributed by atoms with Gasteiger partial charge in [0.15, 0.2) is 0 Å². The lowest BCUT2D eigenvalue weighted by molar-refractivity contribution is 0.131. The van der Waals surface area contributed by atoms with Crippen LogP contribution >= 0.6 is 0 Å². The Hall–Kier alpha value is -2.09. The third-order valence-corrected chi connectivity index (χ3v) is 2.42. The molecule has 0 aliphatic heterocycles. The first-order valence-electron chi connectivity index (χ1n) is 6.41. The normalized spacial score (nSPS) is 11.7. The van der Waals surface area contributed by atoms with Crippen LogP contribution in [0, 0.1) is 0 Å². The summed E-state index contributed by atoms with van der Waals surface area (Å²) in [5.41, 5.74) is 1.85. The monoisotopic (exact) mass is 253 g/mol. The van der Waals surface area contributed by atoms with E-state index in [1.54, 1.807) is 0 Å². The average molecular weight is 253 g/mol. The van der Waals surface area contributed by atoms with Crippen molar-refractivity contribution in [2.24, 2.45) is 4.99 Å². The van der Waals surface area contributed by atoms with E-state index in [0.717, 1.165) is 17.0 Å². The second-order valence-electron chi connectivity index (χ2n) is 5.38. The van der Waals surface area contributed by atoms with Crippen LogP contribution in [0.2, 0.25) is 0 Å². The van der Waals surface area contributed by atoms with Crippen molar-refractivity contribution >= 4 is 11.9 Å². The lowest BCUT2D eigenvalue weighted by atomic mass is 10.2. The largest absolute Gasteiger partial charge is 0.488 e. The van der Waals surface area contributed by atoms with E-state index in [1.807, 2.05) is 81.6 Å². The van der Waals surface area contributed by atoms with Gasteiger partial charge in [-0.2, -0.15) is 0 Å². The van der Waals surface area contributed by atoms with Crippen molar-refractivity contribution in [3.8, 4) is 5.75 Å². The molecule has 19 heavy (non-hydrogen) atoms. The minimum atomic E-state index is -0.167. The Bertz CT molecular complexity index is 536. The van der Waals surface area contributed by atoms with Gasteiger partial charge in [0.05, 0.1) is 5.69 Å². The van der Waals surface area contributed by atoms with Gasteiger partial charge in [-0.15, -0.1) is 0 Å². The van der Waals surface area contributed by atoms with Gasteiger partial charge in [0.25, 0.3) is 0 Å². The molecule has 0 heterocycles. The van der Waals surface area contributed by atoms with Crippen molar-refractivity contribution in [2.75, 3.05) is 0 Å². The smallest absolute Gasteiger partial charge is 0.120 e. The van der Waals surface area contributed by atoms with E-state index in [2.05, 4.69) is 4.99 Å². The molecule has 0 aliphatic rings. The molecule has 2 heteroatoms. The molecular weight excluding hydrogens is 234 g/mol. The molecular formula is C17H19NO. The number of aliphatic imine (C=N–C) groups is 1. The predicted molar refractivity (Wildman–Crippen MR) is 80.5 cm³/mol. The number of benzene rings is 2. The van der Waals surface area contributed by atoms with Crippen LogP contribution in [0.15, 0.2) is 59.6 Å². The third kappa shape index (κ3) is 4.59. The second-order valence-corrected chi connectivity index (χ2v) is 5.38. The van der Waals surface area contributed by atoms with E-state index in [1.165, 1.54) is 0 Å². The fourth-order valence-corrected chi connectivity index (χ4v) is 1.64. The molecule has 2 rings (SSSR count). The van der Waals surface area contributed by atoms with Gasteiger partial charge in [0, 0.05) is 6.21 Å². The van der Waals surface area contributed by atoms with Crippen molar-refractivity contribution in [3.05, 3.63) is 60.2 Å². The molecule has 0 aliphatic carbocycles. The Balaban J connectivity index is 2.05. The van der Waals surface area contributed by atoms with Crippen LogP contribution in [0.25, 0.3) is 0 Å². The summed E-state index contributed by atoms with van der Waals surface area (Å²) in [5, 5.41) is 0. The maximum Gasteiger partial charge on any atom is 0.120 e. The molecule has 0 saturated heterocycles.